The molecule has 0 fully saturated rings. The van der Waals surface area contributed by atoms with Gasteiger partial charge < -0.3 is 9.47 Å². The molecule has 0 aliphatic rings. The quantitative estimate of drug-likeness (QED) is 0.141. The summed E-state index contributed by atoms with van der Waals surface area (Å²) in [5.74, 6) is 0. The highest BCUT2D eigenvalue weighted by Gasteiger charge is 2.17. The van der Waals surface area contributed by atoms with Gasteiger partial charge in [-0.2, -0.15) is 0 Å². The van der Waals surface area contributed by atoms with Gasteiger partial charge in [0.2, 0.25) is 0 Å². The molecule has 11 aromatic rings. The molecule has 0 aliphatic carbocycles. The molecule has 0 unspecified atom stereocenters. The number of benzene rings is 10. The number of para-hydroxylation sites is 3. The first kappa shape index (κ1) is 36.8. The average Bonchev–Trinajstić information content (AvgIpc) is 3.69. The van der Waals surface area contributed by atoms with Gasteiger partial charge in [-0.3, -0.25) is 0 Å². The lowest BCUT2D eigenvalue weighted by Gasteiger charge is -2.26. The first-order valence-corrected chi connectivity index (χ1v) is 21.3. The number of hydrogen-bond donors (Lipinski definition) is 0. The summed E-state index contributed by atoms with van der Waals surface area (Å²) in [4.78, 5) is 2.36. The Kier molecular flexibility index (Phi) is 9.57. The van der Waals surface area contributed by atoms with Crippen LogP contribution in [0, 0.1) is 0 Å². The Morgan fingerprint density at radius 1 is 0.242 bits per heavy atom. The van der Waals surface area contributed by atoms with Crippen molar-refractivity contribution in [2.45, 2.75) is 0 Å². The molecule has 0 radical (unpaired) electrons. The van der Waals surface area contributed by atoms with Crippen molar-refractivity contribution in [3.8, 4) is 61.3 Å². The van der Waals surface area contributed by atoms with Gasteiger partial charge in [0.1, 0.15) is 0 Å². The molecule has 0 spiro atoms. The third kappa shape index (κ3) is 6.84. The van der Waals surface area contributed by atoms with Crippen LogP contribution in [-0.4, -0.2) is 4.57 Å². The van der Waals surface area contributed by atoms with Gasteiger partial charge in [0.25, 0.3) is 0 Å². The SMILES string of the molecule is c1ccc(-c2ccc(N(c3ccc(-c4ccc(-c5ccccc5-n5c6ccccc6c6ccccc65)cc4)cc3)c3cccc(-c4ccccc4-c4ccccc4)c3)cc2)cc1. The molecule has 0 saturated carbocycles. The van der Waals surface area contributed by atoms with Crippen LogP contribution in [-0.2, 0) is 0 Å². The highest BCUT2D eigenvalue weighted by molar-refractivity contribution is 6.09. The van der Waals surface area contributed by atoms with Crippen molar-refractivity contribution in [3.05, 3.63) is 255 Å². The van der Waals surface area contributed by atoms with E-state index in [0.717, 1.165) is 17.1 Å². The van der Waals surface area contributed by atoms with Crippen LogP contribution in [0.1, 0.15) is 0 Å². The van der Waals surface area contributed by atoms with Gasteiger partial charge in [-0.05, 0) is 105 Å². The van der Waals surface area contributed by atoms with E-state index in [0.29, 0.717) is 0 Å². The molecule has 1 heterocycles. The van der Waals surface area contributed by atoms with E-state index in [1.54, 1.807) is 0 Å². The van der Waals surface area contributed by atoms with Crippen LogP contribution < -0.4 is 4.90 Å². The van der Waals surface area contributed by atoms with Gasteiger partial charge in [0.15, 0.2) is 0 Å². The Balaban J connectivity index is 0.947. The van der Waals surface area contributed by atoms with E-state index in [1.807, 2.05) is 0 Å². The standard InChI is InChI=1S/C60H42N2/c1-3-16-43(17-4-1)45-34-38-50(39-35-45)61(52-21-15-20-49(42-52)54-23-8-7-22-53(54)47-18-5-2-6-19-47)51-40-36-46(37-41-51)44-30-32-48(33-31-44)55-24-9-12-27-58(55)62-59-28-13-10-25-56(59)57-26-11-14-29-60(57)62/h1-42H. The molecule has 0 N–H and O–H groups in total. The first-order valence-electron chi connectivity index (χ1n) is 21.3. The average molecular weight is 791 g/mol. The maximum Gasteiger partial charge on any atom is 0.0541 e. The maximum absolute atomic E-state index is 2.41. The smallest absolute Gasteiger partial charge is 0.0541 e. The molecule has 0 aliphatic heterocycles. The number of hydrogen-bond acceptors (Lipinski definition) is 1. The number of nitrogens with zero attached hydrogens (tertiary/aromatic N) is 2. The van der Waals surface area contributed by atoms with Crippen LogP contribution in [0.2, 0.25) is 0 Å². The number of rotatable bonds is 9. The van der Waals surface area contributed by atoms with Crippen LogP contribution in [0.25, 0.3) is 83.1 Å². The highest BCUT2D eigenvalue weighted by atomic mass is 15.1. The molecule has 0 amide bonds. The highest BCUT2D eigenvalue weighted by Crippen LogP contribution is 2.41. The lowest BCUT2D eigenvalue weighted by Crippen LogP contribution is -2.10. The van der Waals surface area contributed by atoms with Gasteiger partial charge in [0.05, 0.1) is 16.7 Å². The third-order valence-corrected chi connectivity index (χ3v) is 12.0. The van der Waals surface area contributed by atoms with Gasteiger partial charge in [0, 0.05) is 33.4 Å². The van der Waals surface area contributed by atoms with Crippen molar-refractivity contribution in [2.24, 2.45) is 0 Å². The lowest BCUT2D eigenvalue weighted by molar-refractivity contribution is 1.18. The normalized spacial score (nSPS) is 11.2. The van der Waals surface area contributed by atoms with Crippen molar-refractivity contribution in [1.29, 1.82) is 0 Å². The minimum absolute atomic E-state index is 1.09. The van der Waals surface area contributed by atoms with Gasteiger partial charge in [-0.1, -0.05) is 200 Å². The van der Waals surface area contributed by atoms with E-state index >= 15 is 0 Å². The number of fused-ring (bicyclic) bond motifs is 3. The topological polar surface area (TPSA) is 8.17 Å². The number of aromatic nitrogens is 1. The van der Waals surface area contributed by atoms with Crippen molar-refractivity contribution < 1.29 is 0 Å². The minimum Gasteiger partial charge on any atom is -0.310 e. The zero-order chi connectivity index (χ0) is 41.2. The summed E-state index contributed by atoms with van der Waals surface area (Å²) in [7, 11) is 0. The molecule has 10 aromatic carbocycles. The summed E-state index contributed by atoms with van der Waals surface area (Å²) >= 11 is 0. The predicted octanol–water partition coefficient (Wildman–Crippen LogP) is 16.6. The van der Waals surface area contributed by atoms with E-state index in [4.69, 9.17) is 0 Å². The maximum atomic E-state index is 2.41. The van der Waals surface area contributed by atoms with E-state index in [-0.39, 0.29) is 0 Å². The Labute approximate surface area is 362 Å². The fourth-order valence-corrected chi connectivity index (χ4v) is 9.04. The summed E-state index contributed by atoms with van der Waals surface area (Å²) < 4.78 is 2.41. The molecule has 2 nitrogen and oxygen atoms in total. The largest absolute Gasteiger partial charge is 0.310 e. The monoisotopic (exact) mass is 790 g/mol. The zero-order valence-electron chi connectivity index (χ0n) is 34.1. The summed E-state index contributed by atoms with van der Waals surface area (Å²) in [6.07, 6.45) is 0. The molecule has 11 rings (SSSR count). The molecule has 0 bridgehead atoms. The van der Waals surface area contributed by atoms with Crippen LogP contribution in [0.15, 0.2) is 255 Å². The van der Waals surface area contributed by atoms with Gasteiger partial charge in [-0.15, -0.1) is 0 Å². The molecule has 2 heteroatoms. The lowest BCUT2D eigenvalue weighted by atomic mass is 9.94. The Morgan fingerprint density at radius 2 is 0.629 bits per heavy atom. The minimum atomic E-state index is 1.09. The second-order valence-corrected chi connectivity index (χ2v) is 15.7. The molecule has 292 valence electrons. The number of anilines is 3. The summed E-state index contributed by atoms with van der Waals surface area (Å²) in [6.45, 7) is 0. The summed E-state index contributed by atoms with van der Waals surface area (Å²) in [6, 6.07) is 91.9. The Morgan fingerprint density at radius 3 is 1.21 bits per heavy atom. The predicted molar refractivity (Wildman–Crippen MR) is 263 cm³/mol. The summed E-state index contributed by atoms with van der Waals surface area (Å²) in [5, 5.41) is 2.53. The van der Waals surface area contributed by atoms with E-state index < -0.39 is 0 Å². The van der Waals surface area contributed by atoms with Crippen molar-refractivity contribution in [2.75, 3.05) is 4.90 Å². The van der Waals surface area contributed by atoms with Gasteiger partial charge in [-0.25, -0.2) is 0 Å². The van der Waals surface area contributed by atoms with Crippen molar-refractivity contribution in [1.82, 2.24) is 4.57 Å². The van der Waals surface area contributed by atoms with Crippen LogP contribution in [0.4, 0.5) is 17.1 Å². The van der Waals surface area contributed by atoms with Crippen LogP contribution >= 0.6 is 0 Å². The van der Waals surface area contributed by atoms with Crippen molar-refractivity contribution in [3.63, 3.8) is 0 Å². The molecular formula is C60H42N2. The van der Waals surface area contributed by atoms with Crippen molar-refractivity contribution >= 4 is 38.9 Å². The fourth-order valence-electron chi connectivity index (χ4n) is 9.04. The third-order valence-electron chi connectivity index (χ3n) is 12.0. The zero-order valence-corrected chi connectivity index (χ0v) is 34.1. The molecule has 0 atom stereocenters. The molecular weight excluding hydrogens is 749 g/mol. The Bertz CT molecular complexity index is 3260. The van der Waals surface area contributed by atoms with E-state index in [9.17, 15) is 0 Å². The Hall–Kier alpha value is -8.20. The van der Waals surface area contributed by atoms with E-state index in [1.165, 1.54) is 83.1 Å². The van der Waals surface area contributed by atoms with Crippen LogP contribution in [0.5, 0.6) is 0 Å². The van der Waals surface area contributed by atoms with Crippen LogP contribution in [0.3, 0.4) is 0 Å². The first-order chi connectivity index (χ1) is 30.8. The molecule has 1 aromatic heterocycles. The second-order valence-electron chi connectivity index (χ2n) is 15.7. The summed E-state index contributed by atoms with van der Waals surface area (Å²) in [5.41, 5.74) is 18.8. The van der Waals surface area contributed by atoms with E-state index in [2.05, 4.69) is 264 Å². The molecule has 0 saturated heterocycles. The second kappa shape index (κ2) is 16.1. The van der Waals surface area contributed by atoms with Gasteiger partial charge >= 0.3 is 0 Å². The molecule has 62 heavy (non-hydrogen) atoms. The fraction of sp³-hybridized carbons (Fsp3) is 0.